The molecule has 5 aromatic carbocycles. The standard InChI is InChI=1S/C47H39F12O2P2.C5H5.Fe/c1-25-15-34(16-26(2)42(25)60-6)63(35-17-27(3)43(61-7)28(4)18-35)41-14-9-8-11-40(41)39-13-10-12-38(39)29(5)62(36-21-30(44(48,49)50)19-31(22-36)45(51,52)53)37-23-32(46(54,55)56)20-33(24-37)47(57,58)59;1-2-4-5-3-1;/h8-24,29H,1-7H3;1-5H;/t29-;;/m1../s1. The van der Waals surface area contributed by atoms with E-state index in [1.807, 2.05) is 94.8 Å². The summed E-state index contributed by atoms with van der Waals surface area (Å²) < 4.78 is 183. The van der Waals surface area contributed by atoms with Crippen LogP contribution >= 0.6 is 15.8 Å². The number of hydrogen-bond acceptors (Lipinski definition) is 2. The summed E-state index contributed by atoms with van der Waals surface area (Å²) in [6, 6.07) is 16.4. The topological polar surface area (TPSA) is 18.5 Å². The molecule has 2 nitrogen and oxygen atoms in total. The summed E-state index contributed by atoms with van der Waals surface area (Å²) in [5.74, 6) is 1.64. The smallest absolute Gasteiger partial charge is 0.416 e. The van der Waals surface area contributed by atoms with Gasteiger partial charge in [0.1, 0.15) is 11.5 Å². The minimum atomic E-state index is -5.36. The Labute approximate surface area is 406 Å². The van der Waals surface area contributed by atoms with E-state index in [1.54, 1.807) is 38.5 Å². The molecule has 0 saturated carbocycles. The van der Waals surface area contributed by atoms with Gasteiger partial charge in [-0.25, -0.2) is 0 Å². The van der Waals surface area contributed by atoms with Crippen LogP contribution in [0.3, 0.4) is 0 Å². The first kappa shape index (κ1) is 55.1. The van der Waals surface area contributed by atoms with Crippen LogP contribution < -0.4 is 36.0 Å². The molecule has 5 aromatic rings. The maximum atomic E-state index is 14.3. The van der Waals surface area contributed by atoms with Gasteiger partial charge in [0.05, 0.1) is 36.5 Å². The maximum Gasteiger partial charge on any atom is 0.416 e. The van der Waals surface area contributed by atoms with E-state index in [9.17, 15) is 52.7 Å². The molecule has 0 bridgehead atoms. The Morgan fingerprint density at radius 1 is 0.478 bits per heavy atom. The second kappa shape index (κ2) is 21.7. The van der Waals surface area contributed by atoms with Gasteiger partial charge in [-0.1, -0.05) is 73.7 Å². The first-order chi connectivity index (χ1) is 31.7. The van der Waals surface area contributed by atoms with Crippen LogP contribution in [0, 0.1) is 40.0 Å². The van der Waals surface area contributed by atoms with Crippen LogP contribution in [0.1, 0.15) is 57.0 Å². The molecule has 0 heterocycles. The fourth-order valence-corrected chi connectivity index (χ4v) is 14.0. The summed E-state index contributed by atoms with van der Waals surface area (Å²) in [5.41, 5.74) is -3.92. The van der Waals surface area contributed by atoms with Gasteiger partial charge in [0.2, 0.25) is 0 Å². The summed E-state index contributed by atoms with van der Waals surface area (Å²) in [5, 5.41) is 1.12. The van der Waals surface area contributed by atoms with Crippen LogP contribution in [-0.2, 0) is 41.8 Å². The van der Waals surface area contributed by atoms with Gasteiger partial charge >= 0.3 is 24.7 Å². The van der Waals surface area contributed by atoms with Gasteiger partial charge in [-0.2, -0.15) is 52.7 Å². The van der Waals surface area contributed by atoms with Gasteiger partial charge in [0, 0.05) is 29.4 Å². The zero-order valence-electron chi connectivity index (χ0n) is 37.9. The molecular formula is C52H44F12FeO2P2. The fraction of sp³-hybridized carbons (Fsp3) is 0.231. The van der Waals surface area contributed by atoms with E-state index < -0.39 is 79.1 Å². The minimum absolute atomic E-state index is 0. The molecule has 69 heavy (non-hydrogen) atoms. The Morgan fingerprint density at radius 3 is 1.19 bits per heavy atom. The first-order valence-electron chi connectivity index (χ1n) is 20.7. The van der Waals surface area contributed by atoms with Crippen LogP contribution in [0.2, 0.25) is 0 Å². The van der Waals surface area contributed by atoms with Gasteiger partial charge in [0.25, 0.3) is 0 Å². The van der Waals surface area contributed by atoms with Gasteiger partial charge in [-0.3, -0.25) is 0 Å². The van der Waals surface area contributed by atoms with Crippen LogP contribution in [-0.4, -0.2) is 19.9 Å². The van der Waals surface area contributed by atoms with Gasteiger partial charge in [-0.15, -0.1) is 0 Å². The van der Waals surface area contributed by atoms with Crippen molar-refractivity contribution in [1.29, 1.82) is 0 Å². The van der Waals surface area contributed by atoms with Crippen LogP contribution in [0.25, 0.3) is 5.57 Å². The maximum absolute atomic E-state index is 14.3. The Kier molecular flexibility index (Phi) is 17.3. The molecule has 0 aliphatic heterocycles. The second-order valence-electron chi connectivity index (χ2n) is 16.0. The number of methoxy groups -OCH3 is 2. The van der Waals surface area contributed by atoms with E-state index in [1.165, 1.54) is 13.0 Å². The molecule has 0 saturated heterocycles. The number of benzene rings is 5. The molecular weight excluding hydrogens is 1000 g/mol. The number of hydrogen-bond donors (Lipinski definition) is 0. The summed E-state index contributed by atoms with van der Waals surface area (Å²) >= 11 is 0. The molecule has 0 aromatic heterocycles. The van der Waals surface area contributed by atoms with E-state index in [-0.39, 0.29) is 35.1 Å². The Morgan fingerprint density at radius 2 is 0.855 bits per heavy atom. The third-order valence-electron chi connectivity index (χ3n) is 11.2. The van der Waals surface area contributed by atoms with Gasteiger partial charge in [0.15, 0.2) is 0 Å². The Balaban J connectivity index is 0.00000139. The number of ether oxygens (including phenoxy) is 2. The van der Waals surface area contributed by atoms with E-state index in [0.717, 1.165) is 38.2 Å². The van der Waals surface area contributed by atoms with Gasteiger partial charge in [-0.05, 0) is 170 Å². The number of halogens is 12. The number of rotatable bonds is 10. The normalized spacial score (nSPS) is 14.5. The van der Waals surface area contributed by atoms with E-state index in [0.29, 0.717) is 46.9 Å². The Hall–Kier alpha value is -4.80. The SMILES string of the molecule is COc1c(C)cc(P(c2cc(C)c(OC)c(C)c2)c2ccccc2C2=CC=C[C]2[C@@H](C)P(c2cc(C(F)(F)F)cc(C(F)(F)F)c2)c2cc(C(F)(F)F)cc(C(F)(F)F)c2)cc1C.[CH]1C=CC=C1.[Fe]. The van der Waals surface area contributed by atoms with E-state index in [2.05, 4.69) is 0 Å². The monoisotopic (exact) mass is 1050 g/mol. The van der Waals surface area contributed by atoms with Crippen molar-refractivity contribution in [3.63, 3.8) is 0 Å². The van der Waals surface area contributed by atoms with Crippen LogP contribution in [0.4, 0.5) is 52.7 Å². The average molecular weight is 1050 g/mol. The third-order valence-corrected chi connectivity index (χ3v) is 16.3. The van der Waals surface area contributed by atoms with Crippen molar-refractivity contribution in [2.75, 3.05) is 14.2 Å². The van der Waals surface area contributed by atoms with Crippen LogP contribution in [0.5, 0.6) is 11.5 Å². The second-order valence-corrected chi connectivity index (χ2v) is 20.7. The van der Waals surface area contributed by atoms with Crippen LogP contribution in [0.15, 0.2) is 127 Å². The summed E-state index contributed by atoms with van der Waals surface area (Å²) in [6.45, 7) is 8.98. The fourth-order valence-electron chi connectivity index (χ4n) is 8.34. The molecule has 0 fully saturated rings. The van der Waals surface area contributed by atoms with Crippen molar-refractivity contribution in [2.45, 2.75) is 65.0 Å². The quantitative estimate of drug-likeness (QED) is 0.0788. The summed E-state index contributed by atoms with van der Waals surface area (Å²) in [7, 11) is -1.25. The average Bonchev–Trinajstić information content (AvgIpc) is 4.00. The predicted molar refractivity (Wildman–Crippen MR) is 249 cm³/mol. The molecule has 0 amide bonds. The van der Waals surface area contributed by atoms with E-state index in [4.69, 9.17) is 9.47 Å². The predicted octanol–water partition coefficient (Wildman–Crippen LogP) is 14.1. The summed E-state index contributed by atoms with van der Waals surface area (Å²) in [6.07, 6.45) is -6.65. The molecule has 0 unspecified atom stereocenters. The Bertz CT molecular complexity index is 2530. The van der Waals surface area contributed by atoms with Crippen molar-refractivity contribution in [3.05, 3.63) is 190 Å². The van der Waals surface area contributed by atoms with Crippen molar-refractivity contribution >= 4 is 47.9 Å². The van der Waals surface area contributed by atoms with Crippen molar-refractivity contribution < 1.29 is 79.2 Å². The molecule has 1 atom stereocenters. The number of aryl methyl sites for hydroxylation is 4. The molecule has 2 aliphatic rings. The number of alkyl halides is 12. The molecule has 0 N–H and O–H groups in total. The first-order valence-corrected chi connectivity index (χ1v) is 23.5. The largest absolute Gasteiger partial charge is 0.496 e. The zero-order valence-corrected chi connectivity index (χ0v) is 40.8. The summed E-state index contributed by atoms with van der Waals surface area (Å²) in [4.78, 5) is 0. The number of allylic oxidation sites excluding steroid dienone is 8. The third kappa shape index (κ3) is 12.6. The van der Waals surface area contributed by atoms with Crippen molar-refractivity contribution in [1.82, 2.24) is 0 Å². The molecule has 2 aliphatic carbocycles. The molecule has 2 radical (unpaired) electrons. The van der Waals surface area contributed by atoms with E-state index >= 15 is 0 Å². The zero-order chi connectivity index (χ0) is 50.1. The van der Waals surface area contributed by atoms with Gasteiger partial charge < -0.3 is 9.47 Å². The molecule has 366 valence electrons. The molecule has 17 heteroatoms. The minimum Gasteiger partial charge on any atom is -0.496 e. The van der Waals surface area contributed by atoms with Crippen molar-refractivity contribution in [3.8, 4) is 11.5 Å². The molecule has 0 spiro atoms. The van der Waals surface area contributed by atoms with Crippen molar-refractivity contribution in [2.24, 2.45) is 0 Å². The molecule has 7 rings (SSSR count).